The lowest BCUT2D eigenvalue weighted by atomic mass is 9.95. The van der Waals surface area contributed by atoms with Crippen LogP contribution in [0.5, 0.6) is 0 Å². The number of nitrogens with zero attached hydrogens (tertiary/aromatic N) is 3. The van der Waals surface area contributed by atoms with E-state index in [1.54, 1.807) is 11.0 Å². The molecule has 0 aliphatic rings. The quantitative estimate of drug-likeness (QED) is 0.362. The molecule has 2 heterocycles. The zero-order valence-electron chi connectivity index (χ0n) is 17.6. The van der Waals surface area contributed by atoms with E-state index in [0.29, 0.717) is 5.56 Å². The first-order chi connectivity index (χ1) is 15.7. The number of ketones is 1. The molecule has 0 radical (unpaired) electrons. The molecule has 0 bridgehead atoms. The fraction of sp³-hybridized carbons (Fsp3) is 0.115. The second-order valence-electron chi connectivity index (χ2n) is 7.78. The van der Waals surface area contributed by atoms with Crippen LogP contribution in [-0.4, -0.2) is 25.5 Å². The maximum absolute atomic E-state index is 13.7. The van der Waals surface area contributed by atoms with Gasteiger partial charge in [0.2, 0.25) is 0 Å². The molecule has 0 saturated heterocycles. The summed E-state index contributed by atoms with van der Waals surface area (Å²) >= 11 is 0. The summed E-state index contributed by atoms with van der Waals surface area (Å²) in [6.45, 7) is 2.07. The minimum atomic E-state index is -0.472. The Morgan fingerprint density at radius 1 is 0.938 bits per heavy atom. The van der Waals surface area contributed by atoms with E-state index in [2.05, 4.69) is 27.3 Å². The molecule has 2 N–H and O–H groups in total. The highest BCUT2D eigenvalue weighted by atomic mass is 16.1. The largest absolute Gasteiger partial charge is 0.360 e. The minimum absolute atomic E-state index is 0.0414. The van der Waals surface area contributed by atoms with Gasteiger partial charge in [-0.3, -0.25) is 10.1 Å². The Morgan fingerprint density at radius 3 is 2.44 bits per heavy atom. The first-order valence-corrected chi connectivity index (χ1v) is 10.6. The number of aromatic nitrogens is 4. The van der Waals surface area contributed by atoms with Crippen LogP contribution in [0, 0.1) is 0 Å². The number of hydrogen-bond acceptors (Lipinski definition) is 4. The monoisotopic (exact) mass is 421 g/mol. The number of para-hydroxylation sites is 1. The van der Waals surface area contributed by atoms with Crippen LogP contribution >= 0.6 is 0 Å². The molecular formula is C26H23N5O. The third-order valence-electron chi connectivity index (χ3n) is 5.74. The lowest BCUT2D eigenvalue weighted by molar-refractivity contribution is 0.0938. The van der Waals surface area contributed by atoms with Gasteiger partial charge >= 0.3 is 0 Å². The molecule has 0 aliphatic heterocycles. The van der Waals surface area contributed by atoms with Gasteiger partial charge in [0.1, 0.15) is 12.7 Å². The van der Waals surface area contributed by atoms with Crippen molar-refractivity contribution in [2.75, 3.05) is 0 Å². The van der Waals surface area contributed by atoms with Crippen LogP contribution in [0.3, 0.4) is 0 Å². The Labute approximate surface area is 185 Å². The highest BCUT2D eigenvalue weighted by molar-refractivity contribution is 6.10. The number of hydrogen-bond donors (Lipinski definition) is 2. The van der Waals surface area contributed by atoms with E-state index in [1.807, 2.05) is 85.1 Å². The molecule has 0 aliphatic carbocycles. The topological polar surface area (TPSA) is 75.6 Å². The molecule has 0 fully saturated rings. The van der Waals surface area contributed by atoms with Crippen molar-refractivity contribution in [3.8, 4) is 5.69 Å². The average molecular weight is 422 g/mol. The second kappa shape index (κ2) is 8.61. The van der Waals surface area contributed by atoms with Gasteiger partial charge in [-0.05, 0) is 36.2 Å². The minimum Gasteiger partial charge on any atom is -0.360 e. The predicted octanol–water partition coefficient (Wildman–Crippen LogP) is 5.02. The summed E-state index contributed by atoms with van der Waals surface area (Å²) < 4.78 is 1.72. The number of Topliss-reactive ketones (excluding diaryl/α,β-unsaturated/α-hetero) is 1. The van der Waals surface area contributed by atoms with Crippen molar-refractivity contribution in [1.29, 1.82) is 0 Å². The lowest BCUT2D eigenvalue weighted by Crippen LogP contribution is -2.31. The molecule has 32 heavy (non-hydrogen) atoms. The Hall–Kier alpha value is -4.03. The SMILES string of the molecule is C[C@@H](N[C@@H](C(=O)c1c[nH]c2ccccc12)c1ccccc1)c1ccc(-n2cncn2)cc1. The lowest BCUT2D eigenvalue weighted by Gasteiger charge is -2.23. The van der Waals surface area contributed by atoms with E-state index in [9.17, 15) is 4.79 Å². The van der Waals surface area contributed by atoms with Gasteiger partial charge in [-0.1, -0.05) is 60.7 Å². The van der Waals surface area contributed by atoms with Crippen LogP contribution < -0.4 is 5.32 Å². The van der Waals surface area contributed by atoms with Gasteiger partial charge in [-0.15, -0.1) is 0 Å². The fourth-order valence-corrected chi connectivity index (χ4v) is 4.00. The summed E-state index contributed by atoms with van der Waals surface area (Å²) in [5.74, 6) is 0.0414. The molecule has 2 atom stereocenters. The van der Waals surface area contributed by atoms with Crippen LogP contribution in [0.1, 0.15) is 40.5 Å². The molecule has 5 aromatic rings. The smallest absolute Gasteiger partial charge is 0.186 e. The maximum Gasteiger partial charge on any atom is 0.186 e. The fourth-order valence-electron chi connectivity index (χ4n) is 4.00. The van der Waals surface area contributed by atoms with E-state index in [4.69, 9.17) is 0 Å². The molecule has 0 saturated carbocycles. The molecule has 0 unspecified atom stereocenters. The van der Waals surface area contributed by atoms with Gasteiger partial charge in [0.25, 0.3) is 0 Å². The Bertz CT molecular complexity index is 1320. The zero-order valence-corrected chi connectivity index (χ0v) is 17.6. The number of nitrogens with one attached hydrogen (secondary N) is 2. The Morgan fingerprint density at radius 2 is 1.69 bits per heavy atom. The molecule has 2 aromatic heterocycles. The molecule has 0 amide bonds. The van der Waals surface area contributed by atoms with Crippen molar-refractivity contribution >= 4 is 16.7 Å². The molecule has 5 rings (SSSR count). The van der Waals surface area contributed by atoms with Gasteiger partial charge in [-0.2, -0.15) is 5.10 Å². The third kappa shape index (κ3) is 3.84. The van der Waals surface area contributed by atoms with Crippen LogP contribution in [0.25, 0.3) is 16.6 Å². The highest BCUT2D eigenvalue weighted by Gasteiger charge is 2.26. The van der Waals surface area contributed by atoms with E-state index < -0.39 is 6.04 Å². The standard InChI is InChI=1S/C26H23N5O/c1-18(19-11-13-21(14-12-19)31-17-27-16-29-31)30-25(20-7-3-2-4-8-20)26(32)23-15-28-24-10-6-5-9-22(23)24/h2-18,25,28,30H,1H3/t18-,25-/m1/s1. The number of benzene rings is 3. The first kappa shape index (κ1) is 19.9. The maximum atomic E-state index is 13.7. The van der Waals surface area contributed by atoms with Crippen molar-refractivity contribution in [1.82, 2.24) is 25.1 Å². The van der Waals surface area contributed by atoms with Crippen molar-refractivity contribution in [3.05, 3.63) is 114 Å². The van der Waals surface area contributed by atoms with Gasteiger partial charge < -0.3 is 4.98 Å². The molecule has 158 valence electrons. The molecule has 0 spiro atoms. The van der Waals surface area contributed by atoms with Gasteiger partial charge in [0.15, 0.2) is 5.78 Å². The summed E-state index contributed by atoms with van der Waals surface area (Å²) in [6, 6.07) is 25.3. The normalized spacial score (nSPS) is 13.2. The second-order valence-corrected chi connectivity index (χ2v) is 7.78. The van der Waals surface area contributed by atoms with E-state index in [-0.39, 0.29) is 11.8 Å². The summed E-state index contributed by atoms with van der Waals surface area (Å²) in [4.78, 5) is 20.9. The van der Waals surface area contributed by atoms with Crippen LogP contribution in [0.15, 0.2) is 97.7 Å². The molecule has 6 heteroatoms. The molecular weight excluding hydrogens is 398 g/mol. The first-order valence-electron chi connectivity index (χ1n) is 10.6. The number of rotatable bonds is 7. The van der Waals surface area contributed by atoms with Crippen LogP contribution in [0.2, 0.25) is 0 Å². The number of H-pyrrole nitrogens is 1. The summed E-state index contributed by atoms with van der Waals surface area (Å²) in [7, 11) is 0. The van der Waals surface area contributed by atoms with Crippen molar-refractivity contribution in [2.24, 2.45) is 0 Å². The van der Waals surface area contributed by atoms with Crippen molar-refractivity contribution in [3.63, 3.8) is 0 Å². The summed E-state index contributed by atoms with van der Waals surface area (Å²) in [5.41, 5.74) is 4.61. The van der Waals surface area contributed by atoms with E-state index >= 15 is 0 Å². The van der Waals surface area contributed by atoms with Gasteiger partial charge in [0, 0.05) is 28.7 Å². The number of fused-ring (bicyclic) bond motifs is 1. The van der Waals surface area contributed by atoms with Gasteiger partial charge in [0.05, 0.1) is 11.7 Å². The number of carbonyl (C=O) groups excluding carboxylic acids is 1. The van der Waals surface area contributed by atoms with Crippen molar-refractivity contribution < 1.29 is 4.79 Å². The van der Waals surface area contributed by atoms with Gasteiger partial charge in [-0.25, -0.2) is 9.67 Å². The number of aromatic amines is 1. The third-order valence-corrected chi connectivity index (χ3v) is 5.74. The zero-order chi connectivity index (χ0) is 21.9. The van der Waals surface area contributed by atoms with E-state index in [1.165, 1.54) is 6.33 Å². The predicted molar refractivity (Wildman–Crippen MR) is 125 cm³/mol. The average Bonchev–Trinajstić information content (AvgIpc) is 3.53. The number of carbonyl (C=O) groups is 1. The summed E-state index contributed by atoms with van der Waals surface area (Å²) in [5, 5.41) is 8.66. The van der Waals surface area contributed by atoms with Crippen LogP contribution in [0.4, 0.5) is 0 Å². The molecule has 6 nitrogen and oxygen atoms in total. The molecule has 3 aromatic carbocycles. The highest BCUT2D eigenvalue weighted by Crippen LogP contribution is 2.27. The van der Waals surface area contributed by atoms with Crippen LogP contribution in [-0.2, 0) is 0 Å². The Balaban J connectivity index is 1.44. The Kier molecular flexibility index (Phi) is 5.35. The van der Waals surface area contributed by atoms with Crippen molar-refractivity contribution in [2.45, 2.75) is 19.0 Å². The summed E-state index contributed by atoms with van der Waals surface area (Å²) in [6.07, 6.45) is 4.99. The van der Waals surface area contributed by atoms with E-state index in [0.717, 1.165) is 27.7 Å².